The molecule has 0 saturated heterocycles. The van der Waals surface area contributed by atoms with E-state index < -0.39 is 5.82 Å². The molecule has 0 radical (unpaired) electrons. The molecule has 0 aliphatic heterocycles. The van der Waals surface area contributed by atoms with Crippen molar-refractivity contribution in [2.45, 2.75) is 6.92 Å². The van der Waals surface area contributed by atoms with Crippen molar-refractivity contribution in [1.29, 1.82) is 0 Å². The number of allylic oxidation sites excluding steroid dienone is 1. The molecular weight excluding hydrogens is 327 g/mol. The second-order valence-corrected chi connectivity index (χ2v) is 5.17. The fourth-order valence-electron chi connectivity index (χ4n) is 2.07. The Balaban J connectivity index is 1.96. The van der Waals surface area contributed by atoms with Gasteiger partial charge in [-0.3, -0.25) is 9.59 Å². The summed E-state index contributed by atoms with van der Waals surface area (Å²) in [6.07, 6.45) is 2.70. The molecule has 0 fully saturated rings. The molecule has 25 heavy (non-hydrogen) atoms. The van der Waals surface area contributed by atoms with Crippen LogP contribution in [0.5, 0.6) is 17.2 Å². The Bertz CT molecular complexity index is 827. The van der Waals surface area contributed by atoms with Crippen molar-refractivity contribution < 1.29 is 28.6 Å². The lowest BCUT2D eigenvalue weighted by atomic mass is 10.1. The number of halogens is 1. The Morgan fingerprint density at radius 1 is 1.12 bits per heavy atom. The van der Waals surface area contributed by atoms with E-state index in [0.717, 1.165) is 6.07 Å². The SMILES string of the molecule is COc1ccc(C(=O)/C=C/COc2ccc(C(C)=O)cc2F)cc1O. The fourth-order valence-corrected chi connectivity index (χ4v) is 2.07. The number of Topliss-reactive ketones (excluding diaryl/α,β-unsaturated/α-hetero) is 1. The van der Waals surface area contributed by atoms with Crippen LogP contribution in [0.25, 0.3) is 0 Å². The molecule has 0 spiro atoms. The van der Waals surface area contributed by atoms with Gasteiger partial charge in [-0.05, 0) is 55.5 Å². The van der Waals surface area contributed by atoms with Crippen LogP contribution in [0.4, 0.5) is 4.39 Å². The summed E-state index contributed by atoms with van der Waals surface area (Å²) in [5.74, 6) is -1.09. The first kappa shape index (κ1) is 18.2. The smallest absolute Gasteiger partial charge is 0.185 e. The maximum Gasteiger partial charge on any atom is 0.185 e. The Labute approximate surface area is 144 Å². The van der Waals surface area contributed by atoms with Crippen LogP contribution in [0.1, 0.15) is 27.6 Å². The van der Waals surface area contributed by atoms with Crippen molar-refractivity contribution >= 4 is 11.6 Å². The third-order valence-corrected chi connectivity index (χ3v) is 3.41. The number of phenolic OH excluding ortho intramolecular Hbond substituents is 1. The number of ether oxygens (including phenoxy) is 2. The number of carbonyl (C=O) groups excluding carboxylic acids is 2. The molecule has 0 heterocycles. The molecule has 130 valence electrons. The monoisotopic (exact) mass is 344 g/mol. The highest BCUT2D eigenvalue weighted by Crippen LogP contribution is 2.26. The van der Waals surface area contributed by atoms with Gasteiger partial charge in [0.15, 0.2) is 34.6 Å². The fraction of sp³-hybridized carbons (Fsp3) is 0.158. The van der Waals surface area contributed by atoms with Crippen LogP contribution in [0.15, 0.2) is 48.6 Å². The van der Waals surface area contributed by atoms with Crippen LogP contribution in [0.3, 0.4) is 0 Å². The molecule has 0 aromatic heterocycles. The molecule has 0 amide bonds. The van der Waals surface area contributed by atoms with E-state index in [1.54, 1.807) is 0 Å². The number of rotatable bonds is 7. The largest absolute Gasteiger partial charge is 0.504 e. The maximum absolute atomic E-state index is 13.8. The average molecular weight is 344 g/mol. The van der Waals surface area contributed by atoms with E-state index >= 15 is 0 Å². The molecule has 6 heteroatoms. The average Bonchev–Trinajstić information content (AvgIpc) is 2.59. The van der Waals surface area contributed by atoms with Crippen LogP contribution in [-0.4, -0.2) is 30.4 Å². The Hall–Kier alpha value is -3.15. The van der Waals surface area contributed by atoms with E-state index in [2.05, 4.69) is 0 Å². The number of aromatic hydroxyl groups is 1. The normalized spacial score (nSPS) is 10.7. The van der Waals surface area contributed by atoms with E-state index in [1.165, 1.54) is 56.5 Å². The Morgan fingerprint density at radius 3 is 2.40 bits per heavy atom. The van der Waals surface area contributed by atoms with Crippen molar-refractivity contribution in [3.63, 3.8) is 0 Å². The molecule has 0 saturated carbocycles. The minimum absolute atomic E-state index is 0.0100. The predicted molar refractivity (Wildman–Crippen MR) is 90.0 cm³/mol. The van der Waals surface area contributed by atoms with E-state index in [9.17, 15) is 19.1 Å². The van der Waals surface area contributed by atoms with E-state index in [-0.39, 0.29) is 46.5 Å². The highest BCUT2D eigenvalue weighted by atomic mass is 19.1. The van der Waals surface area contributed by atoms with Gasteiger partial charge in [0.1, 0.15) is 6.61 Å². The number of methoxy groups -OCH3 is 1. The first-order chi connectivity index (χ1) is 11.9. The summed E-state index contributed by atoms with van der Waals surface area (Å²) in [6.45, 7) is 1.32. The summed E-state index contributed by atoms with van der Waals surface area (Å²) in [4.78, 5) is 23.1. The van der Waals surface area contributed by atoms with Crippen LogP contribution in [0.2, 0.25) is 0 Å². The zero-order valence-corrected chi connectivity index (χ0v) is 13.8. The Morgan fingerprint density at radius 2 is 1.80 bits per heavy atom. The number of ketones is 2. The maximum atomic E-state index is 13.8. The van der Waals surface area contributed by atoms with Crippen LogP contribution in [0, 0.1) is 5.82 Å². The van der Waals surface area contributed by atoms with Gasteiger partial charge in [0, 0.05) is 11.1 Å². The highest BCUT2D eigenvalue weighted by Gasteiger charge is 2.08. The van der Waals surface area contributed by atoms with Crippen molar-refractivity contribution in [2.75, 3.05) is 13.7 Å². The highest BCUT2D eigenvalue weighted by molar-refractivity contribution is 6.04. The molecule has 0 bridgehead atoms. The lowest BCUT2D eigenvalue weighted by molar-refractivity contribution is 0.101. The van der Waals surface area contributed by atoms with Gasteiger partial charge < -0.3 is 14.6 Å². The lowest BCUT2D eigenvalue weighted by Gasteiger charge is -2.06. The first-order valence-electron chi connectivity index (χ1n) is 7.43. The summed E-state index contributed by atoms with van der Waals surface area (Å²) < 4.78 is 23.9. The molecule has 0 aliphatic rings. The van der Waals surface area contributed by atoms with Crippen molar-refractivity contribution in [2.24, 2.45) is 0 Å². The Kier molecular flexibility index (Phi) is 5.89. The first-order valence-corrected chi connectivity index (χ1v) is 7.43. The summed E-state index contributed by atoms with van der Waals surface area (Å²) in [7, 11) is 1.41. The summed E-state index contributed by atoms with van der Waals surface area (Å²) in [5.41, 5.74) is 0.543. The number of hydrogen-bond donors (Lipinski definition) is 1. The van der Waals surface area contributed by atoms with Gasteiger partial charge in [-0.2, -0.15) is 0 Å². The topological polar surface area (TPSA) is 72.8 Å². The number of carbonyl (C=O) groups is 2. The third kappa shape index (κ3) is 4.67. The number of benzene rings is 2. The molecule has 5 nitrogen and oxygen atoms in total. The molecular formula is C19H17FO5. The molecule has 2 rings (SSSR count). The van der Waals surface area contributed by atoms with Gasteiger partial charge in [0.2, 0.25) is 0 Å². The van der Waals surface area contributed by atoms with Crippen molar-refractivity contribution in [3.05, 3.63) is 65.5 Å². The van der Waals surface area contributed by atoms with Crippen molar-refractivity contribution in [3.8, 4) is 17.2 Å². The van der Waals surface area contributed by atoms with Gasteiger partial charge in [-0.1, -0.05) is 0 Å². The predicted octanol–water partition coefficient (Wildman–Crippen LogP) is 3.56. The van der Waals surface area contributed by atoms with Gasteiger partial charge >= 0.3 is 0 Å². The van der Waals surface area contributed by atoms with Gasteiger partial charge in [0.25, 0.3) is 0 Å². The van der Waals surface area contributed by atoms with Gasteiger partial charge in [-0.25, -0.2) is 4.39 Å². The molecule has 2 aromatic rings. The lowest BCUT2D eigenvalue weighted by Crippen LogP contribution is -2.00. The summed E-state index contributed by atoms with van der Waals surface area (Å²) in [5, 5.41) is 9.66. The van der Waals surface area contributed by atoms with Crippen LogP contribution >= 0.6 is 0 Å². The van der Waals surface area contributed by atoms with Crippen LogP contribution in [-0.2, 0) is 0 Å². The molecule has 0 unspecified atom stereocenters. The number of phenols is 1. The standard InChI is InChI=1S/C19H17FO5/c1-12(21)13-5-7-18(15(20)10-13)25-9-3-4-16(22)14-6-8-19(24-2)17(23)11-14/h3-8,10-11,23H,9H2,1-2H3/b4-3+. The summed E-state index contributed by atoms with van der Waals surface area (Å²) in [6, 6.07) is 8.24. The van der Waals surface area contributed by atoms with Crippen LogP contribution < -0.4 is 9.47 Å². The van der Waals surface area contributed by atoms with Gasteiger partial charge in [-0.15, -0.1) is 0 Å². The zero-order valence-electron chi connectivity index (χ0n) is 13.8. The van der Waals surface area contributed by atoms with E-state index in [4.69, 9.17) is 9.47 Å². The third-order valence-electron chi connectivity index (χ3n) is 3.41. The second-order valence-electron chi connectivity index (χ2n) is 5.17. The molecule has 0 atom stereocenters. The second kappa shape index (κ2) is 8.10. The van der Waals surface area contributed by atoms with Crippen molar-refractivity contribution in [1.82, 2.24) is 0 Å². The quantitative estimate of drug-likeness (QED) is 0.614. The zero-order chi connectivity index (χ0) is 18.4. The number of hydrogen-bond acceptors (Lipinski definition) is 5. The minimum atomic E-state index is -0.646. The molecule has 1 N–H and O–H groups in total. The molecule has 2 aromatic carbocycles. The molecule has 0 aliphatic carbocycles. The van der Waals surface area contributed by atoms with E-state index in [1.807, 2.05) is 0 Å². The van der Waals surface area contributed by atoms with E-state index in [0.29, 0.717) is 0 Å². The van der Waals surface area contributed by atoms with Gasteiger partial charge in [0.05, 0.1) is 7.11 Å². The minimum Gasteiger partial charge on any atom is -0.504 e. The summed E-state index contributed by atoms with van der Waals surface area (Å²) >= 11 is 0.